The minimum atomic E-state index is -0.285. The van der Waals surface area contributed by atoms with Crippen LogP contribution in [0, 0.1) is 0 Å². The summed E-state index contributed by atoms with van der Waals surface area (Å²) in [6.07, 6.45) is 1.76. The van der Waals surface area contributed by atoms with Gasteiger partial charge in [0, 0.05) is 17.3 Å². The first-order valence-corrected chi connectivity index (χ1v) is 9.20. The van der Waals surface area contributed by atoms with Crippen molar-refractivity contribution in [1.82, 2.24) is 4.90 Å². The lowest BCUT2D eigenvalue weighted by atomic mass is 10.0. The predicted molar refractivity (Wildman–Crippen MR) is 101 cm³/mol. The number of nitrogens with zero attached hydrogens (tertiary/aromatic N) is 1. The van der Waals surface area contributed by atoms with Crippen LogP contribution in [-0.2, 0) is 0 Å². The molecule has 1 amide bonds. The lowest BCUT2D eigenvalue weighted by molar-refractivity contribution is 0.0666. The molecule has 136 valence electrons. The molecular weight excluding hydrogens is 352 g/mol. The van der Waals surface area contributed by atoms with Crippen LogP contribution in [-0.4, -0.2) is 30.6 Å². The third kappa shape index (κ3) is 2.86. The number of anilines is 1. The highest BCUT2D eigenvalue weighted by Crippen LogP contribution is 2.44. The maximum absolute atomic E-state index is 13.1. The molecule has 6 heteroatoms. The first-order valence-electron chi connectivity index (χ1n) is 8.82. The van der Waals surface area contributed by atoms with Gasteiger partial charge in [-0.2, -0.15) is 0 Å². The molecule has 1 fully saturated rings. The first-order chi connectivity index (χ1) is 12.6. The highest BCUT2D eigenvalue weighted by molar-refractivity contribution is 6.32. The molecule has 0 aromatic heterocycles. The summed E-state index contributed by atoms with van der Waals surface area (Å²) in [4.78, 5) is 15.0. The van der Waals surface area contributed by atoms with Crippen LogP contribution in [0.3, 0.4) is 0 Å². The minimum Gasteiger partial charge on any atom is -0.493 e. The van der Waals surface area contributed by atoms with Gasteiger partial charge in [0.05, 0.1) is 24.3 Å². The van der Waals surface area contributed by atoms with Gasteiger partial charge in [-0.25, -0.2) is 0 Å². The fourth-order valence-corrected chi connectivity index (χ4v) is 3.70. The third-order valence-electron chi connectivity index (χ3n) is 4.76. The zero-order chi connectivity index (χ0) is 18.3. The molecular formula is C20H21ClN2O3. The Morgan fingerprint density at radius 1 is 1.27 bits per heavy atom. The van der Waals surface area contributed by atoms with E-state index in [0.717, 1.165) is 24.1 Å². The Balaban J connectivity index is 1.78. The molecule has 2 aliphatic rings. The average molecular weight is 373 g/mol. The number of ether oxygens (including phenoxy) is 2. The molecule has 1 N–H and O–H groups in total. The van der Waals surface area contributed by atoms with E-state index in [1.807, 2.05) is 48.2 Å². The first kappa shape index (κ1) is 17.0. The zero-order valence-corrected chi connectivity index (χ0v) is 15.5. The van der Waals surface area contributed by atoms with Gasteiger partial charge >= 0.3 is 0 Å². The second kappa shape index (κ2) is 6.72. The van der Waals surface area contributed by atoms with Crippen LogP contribution in [0.25, 0.3) is 0 Å². The Morgan fingerprint density at radius 2 is 2.04 bits per heavy atom. The highest BCUT2D eigenvalue weighted by atomic mass is 35.5. The van der Waals surface area contributed by atoms with Crippen LogP contribution < -0.4 is 14.8 Å². The second-order valence-electron chi connectivity index (χ2n) is 6.50. The van der Waals surface area contributed by atoms with Crippen molar-refractivity contribution in [2.75, 3.05) is 19.0 Å². The Morgan fingerprint density at radius 3 is 2.73 bits per heavy atom. The average Bonchev–Trinajstić information content (AvgIpc) is 3.48. The fourth-order valence-electron chi connectivity index (χ4n) is 3.42. The molecule has 0 unspecified atom stereocenters. The lowest BCUT2D eigenvalue weighted by Gasteiger charge is -2.38. The Labute approximate surface area is 157 Å². The van der Waals surface area contributed by atoms with E-state index in [2.05, 4.69) is 5.32 Å². The molecule has 1 saturated carbocycles. The Hall–Kier alpha value is -2.40. The summed E-state index contributed by atoms with van der Waals surface area (Å²) in [6.45, 7) is 2.40. The van der Waals surface area contributed by atoms with Gasteiger partial charge in [0.25, 0.3) is 5.91 Å². The number of rotatable bonds is 5. The van der Waals surface area contributed by atoms with Crippen LogP contribution in [0.15, 0.2) is 36.4 Å². The van der Waals surface area contributed by atoms with Crippen LogP contribution in [0.1, 0.15) is 41.9 Å². The van der Waals surface area contributed by atoms with E-state index >= 15 is 0 Å². The number of methoxy groups -OCH3 is 1. The Bertz CT molecular complexity index is 851. The van der Waals surface area contributed by atoms with E-state index in [-0.39, 0.29) is 18.1 Å². The molecule has 0 spiro atoms. The SMILES string of the molecule is CCOc1c(Cl)cc([C@H]2Nc3ccccc3C(=O)N2C2CC2)cc1OC. The van der Waals surface area contributed by atoms with Gasteiger partial charge in [-0.1, -0.05) is 23.7 Å². The van der Waals surface area contributed by atoms with Crippen molar-refractivity contribution < 1.29 is 14.3 Å². The number of para-hydroxylation sites is 1. The fraction of sp³-hybridized carbons (Fsp3) is 0.350. The summed E-state index contributed by atoms with van der Waals surface area (Å²) in [6, 6.07) is 11.6. The van der Waals surface area contributed by atoms with Crippen LogP contribution in [0.4, 0.5) is 5.69 Å². The molecule has 2 aromatic rings. The largest absolute Gasteiger partial charge is 0.493 e. The number of carbonyl (C=O) groups excluding carboxylic acids is 1. The molecule has 0 bridgehead atoms. The maximum Gasteiger partial charge on any atom is 0.258 e. The Kier molecular flexibility index (Phi) is 4.41. The number of amides is 1. The zero-order valence-electron chi connectivity index (χ0n) is 14.8. The highest BCUT2D eigenvalue weighted by Gasteiger charge is 2.42. The van der Waals surface area contributed by atoms with Crippen molar-refractivity contribution in [3.8, 4) is 11.5 Å². The van der Waals surface area contributed by atoms with E-state index < -0.39 is 0 Å². The summed E-state index contributed by atoms with van der Waals surface area (Å²) in [5.41, 5.74) is 2.42. The quantitative estimate of drug-likeness (QED) is 0.840. The molecule has 1 aliphatic heterocycles. The smallest absolute Gasteiger partial charge is 0.258 e. The summed E-state index contributed by atoms with van der Waals surface area (Å²) in [5, 5.41) is 3.97. The second-order valence-corrected chi connectivity index (χ2v) is 6.91. The number of nitrogens with one attached hydrogen (secondary N) is 1. The van der Waals surface area contributed by atoms with Crippen molar-refractivity contribution in [2.45, 2.75) is 32.0 Å². The van der Waals surface area contributed by atoms with E-state index in [9.17, 15) is 4.79 Å². The number of carbonyl (C=O) groups is 1. The number of halogens is 1. The molecule has 0 saturated heterocycles. The van der Waals surface area contributed by atoms with Gasteiger partial charge in [-0.3, -0.25) is 4.79 Å². The van der Waals surface area contributed by atoms with Crippen LogP contribution >= 0.6 is 11.6 Å². The maximum atomic E-state index is 13.1. The van der Waals surface area contributed by atoms with Gasteiger partial charge < -0.3 is 19.7 Å². The summed E-state index contributed by atoms with van der Waals surface area (Å²) < 4.78 is 11.1. The van der Waals surface area contributed by atoms with Crippen molar-refractivity contribution in [2.24, 2.45) is 0 Å². The summed E-state index contributed by atoms with van der Waals surface area (Å²) in [5.74, 6) is 1.15. The summed E-state index contributed by atoms with van der Waals surface area (Å²) >= 11 is 6.45. The monoisotopic (exact) mass is 372 g/mol. The molecule has 2 aromatic carbocycles. The topological polar surface area (TPSA) is 50.8 Å². The lowest BCUT2D eigenvalue weighted by Crippen LogP contribution is -2.44. The van der Waals surface area contributed by atoms with E-state index in [1.54, 1.807) is 7.11 Å². The number of hydrogen-bond donors (Lipinski definition) is 1. The van der Waals surface area contributed by atoms with Crippen LogP contribution in [0.5, 0.6) is 11.5 Å². The molecule has 5 nitrogen and oxygen atoms in total. The van der Waals surface area contributed by atoms with Gasteiger partial charge in [0.15, 0.2) is 11.5 Å². The summed E-state index contributed by atoms with van der Waals surface area (Å²) in [7, 11) is 1.59. The van der Waals surface area contributed by atoms with Crippen molar-refractivity contribution in [3.63, 3.8) is 0 Å². The van der Waals surface area contributed by atoms with E-state index in [1.165, 1.54) is 0 Å². The van der Waals surface area contributed by atoms with Gasteiger partial charge in [0.2, 0.25) is 0 Å². The molecule has 1 heterocycles. The van der Waals surface area contributed by atoms with Gasteiger partial charge in [0.1, 0.15) is 6.17 Å². The standard InChI is InChI=1S/C20H21ClN2O3/c1-3-26-18-15(21)10-12(11-17(18)25-2)19-22-16-7-5-4-6-14(16)20(24)23(19)13-8-9-13/h4-7,10-11,13,19,22H,3,8-9H2,1-2H3/t19-/m0/s1. The van der Waals surface area contributed by atoms with Gasteiger partial charge in [-0.05, 0) is 44.0 Å². The van der Waals surface area contributed by atoms with Crippen molar-refractivity contribution in [1.29, 1.82) is 0 Å². The normalized spacial score (nSPS) is 19.0. The third-order valence-corrected chi connectivity index (χ3v) is 5.04. The van der Waals surface area contributed by atoms with Gasteiger partial charge in [-0.15, -0.1) is 0 Å². The van der Waals surface area contributed by atoms with Crippen molar-refractivity contribution >= 4 is 23.2 Å². The molecule has 1 atom stereocenters. The van der Waals surface area contributed by atoms with Crippen LogP contribution in [0.2, 0.25) is 5.02 Å². The van der Waals surface area contributed by atoms with Crippen molar-refractivity contribution in [3.05, 3.63) is 52.5 Å². The molecule has 26 heavy (non-hydrogen) atoms. The number of hydrogen-bond acceptors (Lipinski definition) is 4. The minimum absolute atomic E-state index is 0.0517. The molecule has 4 rings (SSSR count). The van der Waals surface area contributed by atoms with E-state index in [4.69, 9.17) is 21.1 Å². The number of fused-ring (bicyclic) bond motifs is 1. The molecule has 0 radical (unpaired) electrons. The van der Waals surface area contributed by atoms with E-state index in [0.29, 0.717) is 28.7 Å². The predicted octanol–water partition coefficient (Wildman–Crippen LogP) is 4.48. The molecule has 1 aliphatic carbocycles. The number of benzene rings is 2.